The summed E-state index contributed by atoms with van der Waals surface area (Å²) in [5.74, 6) is 0.728. The number of fused-ring (bicyclic) bond motifs is 1. The van der Waals surface area contributed by atoms with Gasteiger partial charge in [-0.3, -0.25) is 9.69 Å². The van der Waals surface area contributed by atoms with Crippen LogP contribution in [0, 0.1) is 0 Å². The number of ether oxygens (including phenoxy) is 2. The van der Waals surface area contributed by atoms with Gasteiger partial charge >= 0.3 is 5.97 Å². The van der Waals surface area contributed by atoms with E-state index in [1.807, 2.05) is 83.9 Å². The Labute approximate surface area is 204 Å². The Bertz CT molecular complexity index is 1300. The number of nitrogens with zero attached hydrogens (tertiary/aromatic N) is 2. The van der Waals surface area contributed by atoms with Crippen LogP contribution in [0.1, 0.15) is 17.2 Å². The summed E-state index contributed by atoms with van der Waals surface area (Å²) in [6.07, 6.45) is 1.82. The Morgan fingerprint density at radius 1 is 1.00 bits per heavy atom. The van der Waals surface area contributed by atoms with Gasteiger partial charge in [-0.15, -0.1) is 0 Å². The SMILES string of the molecule is COc1ccccc1N1CCN(C(C(=O)O)c2c[nH]c3cc(OCc4ccccc4)ccc23)CC1. The normalized spacial score (nSPS) is 15.2. The summed E-state index contributed by atoms with van der Waals surface area (Å²) < 4.78 is 11.5. The van der Waals surface area contributed by atoms with Crippen LogP contribution in [0.15, 0.2) is 79.0 Å². The van der Waals surface area contributed by atoms with E-state index in [1.165, 1.54) is 0 Å². The number of aromatic amines is 1. The van der Waals surface area contributed by atoms with Gasteiger partial charge in [-0.25, -0.2) is 0 Å². The number of aromatic nitrogens is 1. The first kappa shape index (κ1) is 22.8. The number of aliphatic carboxylic acids is 1. The number of piperazine rings is 1. The van der Waals surface area contributed by atoms with Crippen LogP contribution in [-0.4, -0.2) is 54.2 Å². The summed E-state index contributed by atoms with van der Waals surface area (Å²) in [7, 11) is 1.67. The van der Waals surface area contributed by atoms with Gasteiger partial charge in [0.1, 0.15) is 24.1 Å². The molecular formula is C28H29N3O4. The molecule has 4 aromatic rings. The molecule has 1 unspecified atom stereocenters. The van der Waals surface area contributed by atoms with Crippen molar-refractivity contribution in [3.63, 3.8) is 0 Å². The zero-order valence-corrected chi connectivity index (χ0v) is 19.7. The van der Waals surface area contributed by atoms with E-state index >= 15 is 0 Å². The van der Waals surface area contributed by atoms with Gasteiger partial charge < -0.3 is 24.5 Å². The van der Waals surface area contributed by atoms with Crippen LogP contribution in [0.2, 0.25) is 0 Å². The molecule has 0 radical (unpaired) electrons. The van der Waals surface area contributed by atoms with Gasteiger partial charge in [0.05, 0.1) is 12.8 Å². The Morgan fingerprint density at radius 3 is 2.49 bits per heavy atom. The van der Waals surface area contributed by atoms with Crippen LogP contribution in [-0.2, 0) is 11.4 Å². The van der Waals surface area contributed by atoms with Crippen molar-refractivity contribution in [2.45, 2.75) is 12.6 Å². The lowest BCUT2D eigenvalue weighted by Crippen LogP contribution is -2.49. The standard InChI is InChI=1S/C28H29N3O4/c1-34-26-10-6-5-9-25(26)30-13-15-31(16-14-30)27(28(32)33)23-18-29-24-17-21(11-12-22(23)24)35-19-20-7-3-2-4-8-20/h2-12,17-18,27,29H,13-16,19H2,1H3,(H,32,33). The minimum absolute atomic E-state index is 0.480. The highest BCUT2D eigenvalue weighted by molar-refractivity contribution is 5.90. The molecule has 180 valence electrons. The molecule has 35 heavy (non-hydrogen) atoms. The first-order valence-corrected chi connectivity index (χ1v) is 11.8. The molecule has 1 aliphatic rings. The topological polar surface area (TPSA) is 78.0 Å². The fourth-order valence-corrected chi connectivity index (χ4v) is 4.78. The van der Waals surface area contributed by atoms with Crippen molar-refractivity contribution >= 4 is 22.6 Å². The molecule has 0 spiro atoms. The van der Waals surface area contributed by atoms with Crippen LogP contribution in [0.5, 0.6) is 11.5 Å². The largest absolute Gasteiger partial charge is 0.495 e. The summed E-state index contributed by atoms with van der Waals surface area (Å²) in [5, 5.41) is 11.1. The molecule has 3 aromatic carbocycles. The van der Waals surface area contributed by atoms with Gasteiger partial charge in [0.15, 0.2) is 0 Å². The number of hydrogen-bond acceptors (Lipinski definition) is 5. The van der Waals surface area contributed by atoms with Crippen molar-refractivity contribution < 1.29 is 19.4 Å². The van der Waals surface area contributed by atoms with Gasteiger partial charge in [0.25, 0.3) is 0 Å². The molecule has 1 aliphatic heterocycles. The summed E-state index contributed by atoms with van der Waals surface area (Å²) in [6, 6.07) is 23.0. The van der Waals surface area contributed by atoms with Crippen molar-refractivity contribution in [3.8, 4) is 11.5 Å². The predicted molar refractivity (Wildman–Crippen MR) is 136 cm³/mol. The molecule has 7 nitrogen and oxygen atoms in total. The van der Waals surface area contributed by atoms with Crippen molar-refractivity contribution in [3.05, 3.63) is 90.1 Å². The van der Waals surface area contributed by atoms with E-state index in [9.17, 15) is 9.90 Å². The number of hydrogen-bond donors (Lipinski definition) is 2. The lowest BCUT2D eigenvalue weighted by atomic mass is 10.0. The molecule has 1 aromatic heterocycles. The maximum absolute atomic E-state index is 12.4. The van der Waals surface area contributed by atoms with E-state index in [0.29, 0.717) is 19.7 Å². The Kier molecular flexibility index (Phi) is 6.59. The number of para-hydroxylation sites is 2. The highest BCUT2D eigenvalue weighted by Gasteiger charge is 2.32. The fourth-order valence-electron chi connectivity index (χ4n) is 4.78. The number of carboxylic acids is 1. The number of carboxylic acid groups (broad SMARTS) is 1. The number of H-pyrrole nitrogens is 1. The van der Waals surface area contributed by atoms with Crippen molar-refractivity contribution in [1.29, 1.82) is 0 Å². The van der Waals surface area contributed by atoms with Crippen LogP contribution in [0.4, 0.5) is 5.69 Å². The van der Waals surface area contributed by atoms with Crippen LogP contribution in [0.3, 0.4) is 0 Å². The third-order valence-electron chi connectivity index (χ3n) is 6.57. The van der Waals surface area contributed by atoms with E-state index in [1.54, 1.807) is 7.11 Å². The second-order valence-corrected chi connectivity index (χ2v) is 8.66. The van der Waals surface area contributed by atoms with E-state index < -0.39 is 12.0 Å². The number of rotatable bonds is 8. The Morgan fingerprint density at radius 2 is 1.74 bits per heavy atom. The van der Waals surface area contributed by atoms with Crippen LogP contribution in [0.25, 0.3) is 10.9 Å². The molecule has 2 heterocycles. The van der Waals surface area contributed by atoms with Crippen LogP contribution >= 0.6 is 0 Å². The summed E-state index contributed by atoms with van der Waals surface area (Å²) in [6.45, 7) is 3.21. The second-order valence-electron chi connectivity index (χ2n) is 8.66. The van der Waals surface area contributed by atoms with E-state index in [4.69, 9.17) is 9.47 Å². The third-order valence-corrected chi connectivity index (χ3v) is 6.57. The maximum atomic E-state index is 12.4. The first-order chi connectivity index (χ1) is 17.1. The first-order valence-electron chi connectivity index (χ1n) is 11.8. The molecule has 0 saturated carbocycles. The number of benzene rings is 3. The molecule has 0 bridgehead atoms. The van der Waals surface area contributed by atoms with Gasteiger partial charge in [-0.1, -0.05) is 42.5 Å². The number of carbonyl (C=O) groups is 1. The van der Waals surface area contributed by atoms with Crippen molar-refractivity contribution in [1.82, 2.24) is 9.88 Å². The van der Waals surface area contributed by atoms with E-state index in [2.05, 4.69) is 9.88 Å². The molecule has 5 rings (SSSR count). The zero-order chi connectivity index (χ0) is 24.2. The summed E-state index contributed by atoms with van der Waals surface area (Å²) in [5.41, 5.74) is 3.77. The highest BCUT2D eigenvalue weighted by Crippen LogP contribution is 2.33. The second kappa shape index (κ2) is 10.1. The molecular weight excluding hydrogens is 442 g/mol. The van der Waals surface area contributed by atoms with Gasteiger partial charge in [-0.05, 0) is 29.8 Å². The van der Waals surface area contributed by atoms with Crippen molar-refractivity contribution in [2.75, 3.05) is 38.2 Å². The minimum Gasteiger partial charge on any atom is -0.495 e. The monoisotopic (exact) mass is 471 g/mol. The molecule has 7 heteroatoms. The molecule has 1 atom stereocenters. The van der Waals surface area contributed by atoms with E-state index in [0.717, 1.165) is 52.3 Å². The lowest BCUT2D eigenvalue weighted by molar-refractivity contribution is -0.143. The molecule has 0 aliphatic carbocycles. The fraction of sp³-hybridized carbons (Fsp3) is 0.250. The average Bonchev–Trinajstić information content (AvgIpc) is 3.31. The predicted octanol–water partition coefficient (Wildman–Crippen LogP) is 4.70. The number of anilines is 1. The molecule has 1 saturated heterocycles. The molecule has 1 fully saturated rings. The highest BCUT2D eigenvalue weighted by atomic mass is 16.5. The maximum Gasteiger partial charge on any atom is 0.325 e. The third kappa shape index (κ3) is 4.81. The van der Waals surface area contributed by atoms with Gasteiger partial charge in [0, 0.05) is 54.9 Å². The summed E-state index contributed by atoms with van der Waals surface area (Å²) >= 11 is 0. The molecule has 2 N–H and O–H groups in total. The number of methoxy groups -OCH3 is 1. The number of nitrogens with one attached hydrogen (secondary N) is 1. The smallest absolute Gasteiger partial charge is 0.325 e. The average molecular weight is 472 g/mol. The van der Waals surface area contributed by atoms with E-state index in [-0.39, 0.29) is 0 Å². The minimum atomic E-state index is -0.846. The lowest BCUT2D eigenvalue weighted by Gasteiger charge is -2.39. The van der Waals surface area contributed by atoms with Gasteiger partial charge in [0.2, 0.25) is 0 Å². The molecule has 0 amide bonds. The quantitative estimate of drug-likeness (QED) is 0.388. The zero-order valence-electron chi connectivity index (χ0n) is 19.7. The Hall–Kier alpha value is -3.97. The summed E-state index contributed by atoms with van der Waals surface area (Å²) in [4.78, 5) is 19.9. The van der Waals surface area contributed by atoms with Gasteiger partial charge in [-0.2, -0.15) is 0 Å². The van der Waals surface area contributed by atoms with Crippen LogP contribution < -0.4 is 14.4 Å². The Balaban J connectivity index is 1.31. The van der Waals surface area contributed by atoms with Crippen molar-refractivity contribution in [2.24, 2.45) is 0 Å².